The number of methoxy groups -OCH3 is 2. The lowest BCUT2D eigenvalue weighted by atomic mass is 10.1. The van der Waals surface area contributed by atoms with E-state index in [9.17, 15) is 18.0 Å². The van der Waals surface area contributed by atoms with Gasteiger partial charge in [-0.15, -0.1) is 0 Å². The summed E-state index contributed by atoms with van der Waals surface area (Å²) in [5, 5.41) is 2.94. The Morgan fingerprint density at radius 1 is 0.857 bits per heavy atom. The van der Waals surface area contributed by atoms with Crippen LogP contribution in [0, 0.1) is 6.92 Å². The van der Waals surface area contributed by atoms with E-state index in [1.807, 2.05) is 32.9 Å². The van der Waals surface area contributed by atoms with Crippen molar-refractivity contribution in [3.63, 3.8) is 0 Å². The average Bonchev–Trinajstić information content (AvgIpc) is 3.00. The first kappa shape index (κ1) is 32.5. The highest BCUT2D eigenvalue weighted by molar-refractivity contribution is 7.92. The Labute approximate surface area is 249 Å². The minimum atomic E-state index is -4.16. The number of benzene rings is 3. The summed E-state index contributed by atoms with van der Waals surface area (Å²) in [5.41, 5.74) is 2.07. The fourth-order valence-corrected chi connectivity index (χ4v) is 5.88. The molecule has 3 aromatic carbocycles. The van der Waals surface area contributed by atoms with Crippen LogP contribution in [-0.4, -0.2) is 58.5 Å². The lowest BCUT2D eigenvalue weighted by Gasteiger charge is -2.33. The number of carbonyl (C=O) groups is 2. The molecule has 0 aliphatic heterocycles. The van der Waals surface area contributed by atoms with Crippen molar-refractivity contribution in [2.75, 3.05) is 31.6 Å². The summed E-state index contributed by atoms with van der Waals surface area (Å²) in [5.74, 6) is 0.406. The van der Waals surface area contributed by atoms with Gasteiger partial charge in [0, 0.05) is 13.1 Å². The predicted octanol–water partition coefficient (Wildman–Crippen LogP) is 4.93. The molecule has 0 fully saturated rings. The second kappa shape index (κ2) is 15.3. The zero-order valence-electron chi connectivity index (χ0n) is 25.0. The number of unbranched alkanes of at least 4 members (excludes halogenated alkanes) is 1. The maximum atomic E-state index is 14.1. The maximum Gasteiger partial charge on any atom is 0.264 e. The molecule has 0 bridgehead atoms. The van der Waals surface area contributed by atoms with Gasteiger partial charge in [0.05, 0.1) is 24.8 Å². The van der Waals surface area contributed by atoms with Crippen molar-refractivity contribution in [3.8, 4) is 11.5 Å². The normalized spacial score (nSPS) is 11.8. The van der Waals surface area contributed by atoms with Crippen molar-refractivity contribution in [1.29, 1.82) is 0 Å². The van der Waals surface area contributed by atoms with E-state index in [0.29, 0.717) is 30.2 Å². The Hall–Kier alpha value is -4.05. The molecule has 2 amide bonds. The lowest BCUT2D eigenvalue weighted by Crippen LogP contribution is -2.52. The summed E-state index contributed by atoms with van der Waals surface area (Å²) < 4.78 is 39.5. The highest BCUT2D eigenvalue weighted by Crippen LogP contribution is 2.26. The first-order chi connectivity index (χ1) is 20.1. The first-order valence-electron chi connectivity index (χ1n) is 14.1. The Morgan fingerprint density at radius 3 is 1.95 bits per heavy atom. The average molecular weight is 596 g/mol. The highest BCUT2D eigenvalue weighted by Gasteiger charge is 2.33. The SMILES string of the molecule is CCCCNC(=O)C(CC)N(Cc1ccc(OC)cc1)C(=O)CN(c1ccc(C)cc1)S(=O)(=O)c1ccc(OC)cc1. The summed E-state index contributed by atoms with van der Waals surface area (Å²) in [6, 6.07) is 19.4. The van der Waals surface area contributed by atoms with E-state index < -0.39 is 28.5 Å². The van der Waals surface area contributed by atoms with Crippen LogP contribution >= 0.6 is 0 Å². The number of aryl methyl sites for hydroxylation is 1. The van der Waals surface area contributed by atoms with Crippen LogP contribution in [0.15, 0.2) is 77.7 Å². The second-order valence-corrected chi connectivity index (χ2v) is 11.8. The van der Waals surface area contributed by atoms with Crippen molar-refractivity contribution in [1.82, 2.24) is 10.2 Å². The third kappa shape index (κ3) is 8.25. The predicted molar refractivity (Wildman–Crippen MR) is 164 cm³/mol. The van der Waals surface area contributed by atoms with Gasteiger partial charge in [0.1, 0.15) is 24.1 Å². The number of rotatable bonds is 15. The molecule has 42 heavy (non-hydrogen) atoms. The molecule has 0 saturated carbocycles. The zero-order chi connectivity index (χ0) is 30.7. The molecule has 0 aromatic heterocycles. The van der Waals surface area contributed by atoms with Crippen LogP contribution in [0.1, 0.15) is 44.2 Å². The molecule has 226 valence electrons. The molecular weight excluding hydrogens is 554 g/mol. The van der Waals surface area contributed by atoms with Crippen LogP contribution in [0.5, 0.6) is 11.5 Å². The number of hydrogen-bond donors (Lipinski definition) is 1. The van der Waals surface area contributed by atoms with E-state index in [-0.39, 0.29) is 17.3 Å². The van der Waals surface area contributed by atoms with E-state index in [1.165, 1.54) is 24.1 Å². The lowest BCUT2D eigenvalue weighted by molar-refractivity contribution is -0.140. The number of nitrogens with one attached hydrogen (secondary N) is 1. The number of nitrogens with zero attached hydrogens (tertiary/aromatic N) is 2. The van der Waals surface area contributed by atoms with Crippen molar-refractivity contribution < 1.29 is 27.5 Å². The molecule has 0 aliphatic rings. The van der Waals surface area contributed by atoms with Gasteiger partial charge in [0.25, 0.3) is 10.0 Å². The third-order valence-electron chi connectivity index (χ3n) is 6.98. The molecule has 10 heteroatoms. The van der Waals surface area contributed by atoms with Gasteiger partial charge >= 0.3 is 0 Å². The molecule has 0 saturated heterocycles. The first-order valence-corrected chi connectivity index (χ1v) is 15.5. The van der Waals surface area contributed by atoms with Gasteiger partial charge in [-0.25, -0.2) is 8.42 Å². The fourth-order valence-electron chi connectivity index (χ4n) is 4.47. The van der Waals surface area contributed by atoms with Crippen molar-refractivity contribution in [2.45, 2.75) is 57.5 Å². The van der Waals surface area contributed by atoms with Gasteiger partial charge in [0.15, 0.2) is 0 Å². The van der Waals surface area contributed by atoms with Crippen LogP contribution in [0.2, 0.25) is 0 Å². The largest absolute Gasteiger partial charge is 0.497 e. The zero-order valence-corrected chi connectivity index (χ0v) is 25.8. The van der Waals surface area contributed by atoms with Crippen molar-refractivity contribution in [2.24, 2.45) is 0 Å². The number of ether oxygens (including phenoxy) is 2. The standard InChI is InChI=1S/C32H41N3O6S/c1-6-8-21-33-32(37)30(7-2)34(22-25-11-15-27(40-4)16-12-25)31(36)23-35(26-13-9-24(3)10-14-26)42(38,39)29-19-17-28(41-5)18-20-29/h9-20,30H,6-8,21-23H2,1-5H3,(H,33,37). The smallest absolute Gasteiger partial charge is 0.264 e. The van der Waals surface area contributed by atoms with Crippen LogP contribution in [-0.2, 0) is 26.2 Å². The Balaban J connectivity index is 2.02. The van der Waals surface area contributed by atoms with E-state index in [2.05, 4.69) is 5.32 Å². The molecule has 1 atom stereocenters. The van der Waals surface area contributed by atoms with Gasteiger partial charge < -0.3 is 19.7 Å². The fraction of sp³-hybridized carbons (Fsp3) is 0.375. The molecule has 0 aliphatic carbocycles. The maximum absolute atomic E-state index is 14.1. The third-order valence-corrected chi connectivity index (χ3v) is 8.76. The van der Waals surface area contributed by atoms with Crippen LogP contribution in [0.3, 0.4) is 0 Å². The summed E-state index contributed by atoms with van der Waals surface area (Å²) in [7, 11) is -1.09. The van der Waals surface area contributed by atoms with Crippen LogP contribution in [0.4, 0.5) is 5.69 Å². The molecule has 1 N–H and O–H groups in total. The molecule has 9 nitrogen and oxygen atoms in total. The molecular formula is C32H41N3O6S. The van der Waals surface area contributed by atoms with Gasteiger partial charge in [0.2, 0.25) is 11.8 Å². The second-order valence-electron chi connectivity index (χ2n) is 9.96. The number of carbonyl (C=O) groups excluding carboxylic acids is 2. The topological polar surface area (TPSA) is 105 Å². The van der Waals surface area contributed by atoms with Crippen molar-refractivity contribution >= 4 is 27.5 Å². The number of anilines is 1. The highest BCUT2D eigenvalue weighted by atomic mass is 32.2. The van der Waals surface area contributed by atoms with Crippen molar-refractivity contribution in [3.05, 3.63) is 83.9 Å². The molecule has 0 spiro atoms. The van der Waals surface area contributed by atoms with Gasteiger partial charge in [-0.3, -0.25) is 13.9 Å². The monoisotopic (exact) mass is 595 g/mol. The molecule has 3 aromatic rings. The number of amides is 2. The molecule has 1 unspecified atom stereocenters. The quantitative estimate of drug-likeness (QED) is 0.250. The van der Waals surface area contributed by atoms with Gasteiger partial charge in [-0.2, -0.15) is 0 Å². The molecule has 3 rings (SSSR count). The number of hydrogen-bond acceptors (Lipinski definition) is 6. The summed E-state index contributed by atoms with van der Waals surface area (Å²) >= 11 is 0. The number of sulfonamides is 1. The van der Waals surface area contributed by atoms with E-state index in [0.717, 1.165) is 28.3 Å². The minimum absolute atomic E-state index is 0.0164. The Bertz CT molecular complexity index is 1410. The molecule has 0 heterocycles. The van der Waals surface area contributed by atoms with Gasteiger partial charge in [-0.05, 0) is 73.9 Å². The summed E-state index contributed by atoms with van der Waals surface area (Å²) in [4.78, 5) is 28.9. The van der Waals surface area contributed by atoms with E-state index >= 15 is 0 Å². The Morgan fingerprint density at radius 2 is 1.43 bits per heavy atom. The molecule has 0 radical (unpaired) electrons. The van der Waals surface area contributed by atoms with Crippen LogP contribution < -0.4 is 19.1 Å². The summed E-state index contributed by atoms with van der Waals surface area (Å²) in [6.45, 7) is 5.89. The van der Waals surface area contributed by atoms with Gasteiger partial charge in [-0.1, -0.05) is 50.1 Å². The van der Waals surface area contributed by atoms with Crippen LogP contribution in [0.25, 0.3) is 0 Å². The minimum Gasteiger partial charge on any atom is -0.497 e. The van der Waals surface area contributed by atoms with E-state index in [1.54, 1.807) is 55.6 Å². The van der Waals surface area contributed by atoms with E-state index in [4.69, 9.17) is 9.47 Å². The Kier molecular flexibility index (Phi) is 11.8. The summed E-state index contributed by atoms with van der Waals surface area (Å²) in [6.07, 6.45) is 2.09.